The minimum Gasteiger partial charge on any atom is -0.0891 e. The van der Waals surface area contributed by atoms with E-state index in [4.69, 9.17) is 11.6 Å². The fourth-order valence-corrected chi connectivity index (χ4v) is 1.77. The molecule has 0 saturated heterocycles. The summed E-state index contributed by atoms with van der Waals surface area (Å²) in [5.41, 5.74) is 1.52. The predicted octanol–water partition coefficient (Wildman–Crippen LogP) is 5.68. The number of halogens is 1. The molecule has 0 radical (unpaired) electrons. The normalized spacial score (nSPS) is 14.5. The first kappa shape index (κ1) is 14.8. The van der Waals surface area contributed by atoms with Crippen molar-refractivity contribution in [2.45, 2.75) is 60.3 Å². The lowest BCUT2D eigenvalue weighted by atomic mass is 9.86. The Morgan fingerprint density at radius 2 is 1.80 bits per heavy atom. The maximum absolute atomic E-state index is 6.22. The Kier molecular flexibility index (Phi) is 7.00. The Balaban J connectivity index is 4.32. The first-order valence-electron chi connectivity index (χ1n) is 5.94. The van der Waals surface area contributed by atoms with E-state index in [9.17, 15) is 0 Å². The van der Waals surface area contributed by atoms with Crippen molar-refractivity contribution in [3.63, 3.8) is 0 Å². The van der Waals surface area contributed by atoms with Crippen molar-refractivity contribution in [1.29, 1.82) is 0 Å². The van der Waals surface area contributed by atoms with E-state index < -0.39 is 0 Å². The molecule has 0 nitrogen and oxygen atoms in total. The molecule has 0 spiro atoms. The average molecular weight is 229 g/mol. The highest BCUT2D eigenvalue weighted by Gasteiger charge is 2.14. The van der Waals surface area contributed by atoms with Gasteiger partial charge in [-0.2, -0.15) is 0 Å². The van der Waals surface area contributed by atoms with Crippen LogP contribution in [0.5, 0.6) is 0 Å². The molecular formula is C14H25Cl. The number of allylic oxidation sites excluding steroid dienone is 4. The van der Waals surface area contributed by atoms with Crippen LogP contribution in [-0.2, 0) is 0 Å². The summed E-state index contributed by atoms with van der Waals surface area (Å²) in [5, 5.41) is 0.992. The minimum absolute atomic E-state index is 0.194. The Morgan fingerprint density at radius 3 is 2.20 bits per heavy atom. The van der Waals surface area contributed by atoms with Gasteiger partial charge in [0.15, 0.2) is 0 Å². The van der Waals surface area contributed by atoms with Crippen LogP contribution in [0, 0.1) is 5.41 Å². The Hall–Kier alpha value is -0.230. The van der Waals surface area contributed by atoms with Gasteiger partial charge in [-0.05, 0) is 36.8 Å². The van der Waals surface area contributed by atoms with Gasteiger partial charge in [-0.3, -0.25) is 0 Å². The van der Waals surface area contributed by atoms with Gasteiger partial charge in [0, 0.05) is 5.03 Å². The lowest BCUT2D eigenvalue weighted by Crippen LogP contribution is -2.07. The van der Waals surface area contributed by atoms with Crippen LogP contribution in [0.1, 0.15) is 60.3 Å². The zero-order valence-corrected chi connectivity index (χ0v) is 11.6. The number of unbranched alkanes of at least 4 members (excludes halogenated alkanes) is 2. The lowest BCUT2D eigenvalue weighted by molar-refractivity contribution is 0.515. The molecule has 0 rings (SSSR count). The van der Waals surface area contributed by atoms with Crippen molar-refractivity contribution in [2.75, 3.05) is 0 Å². The summed E-state index contributed by atoms with van der Waals surface area (Å²) in [4.78, 5) is 0. The summed E-state index contributed by atoms with van der Waals surface area (Å²) in [5.74, 6) is 0. The molecular weight excluding hydrogens is 204 g/mol. The van der Waals surface area contributed by atoms with Crippen molar-refractivity contribution >= 4 is 11.6 Å². The molecule has 0 aromatic carbocycles. The number of rotatable bonds is 5. The van der Waals surface area contributed by atoms with Crippen molar-refractivity contribution < 1.29 is 0 Å². The largest absolute Gasteiger partial charge is 0.0891 e. The number of hydrogen-bond acceptors (Lipinski definition) is 0. The minimum atomic E-state index is 0.194. The molecule has 0 aliphatic heterocycles. The standard InChI is InChI=1S/C14H25Cl/c1-6-8-9-10-13(15)11-12(7-2)14(3,4)5/h7,11H,6,8-10H2,1-5H3/b12-7-,13-11-. The van der Waals surface area contributed by atoms with Gasteiger partial charge >= 0.3 is 0 Å². The molecule has 0 heterocycles. The fourth-order valence-electron chi connectivity index (χ4n) is 1.52. The maximum Gasteiger partial charge on any atom is 0.0183 e. The number of hydrogen-bond donors (Lipinski definition) is 0. The molecule has 1 heteroatoms. The van der Waals surface area contributed by atoms with Gasteiger partial charge in [-0.25, -0.2) is 0 Å². The van der Waals surface area contributed by atoms with Crippen molar-refractivity contribution in [2.24, 2.45) is 5.41 Å². The van der Waals surface area contributed by atoms with Crippen LogP contribution < -0.4 is 0 Å². The highest BCUT2D eigenvalue weighted by molar-refractivity contribution is 6.29. The van der Waals surface area contributed by atoms with Gasteiger partial charge in [0.1, 0.15) is 0 Å². The van der Waals surface area contributed by atoms with Crippen LogP contribution in [0.25, 0.3) is 0 Å². The third kappa shape index (κ3) is 6.78. The van der Waals surface area contributed by atoms with E-state index in [1.807, 2.05) is 0 Å². The molecule has 0 saturated carbocycles. The third-order valence-electron chi connectivity index (χ3n) is 2.51. The van der Waals surface area contributed by atoms with Crippen LogP contribution in [-0.4, -0.2) is 0 Å². The maximum atomic E-state index is 6.22. The lowest BCUT2D eigenvalue weighted by Gasteiger charge is -2.20. The van der Waals surface area contributed by atoms with E-state index >= 15 is 0 Å². The molecule has 15 heavy (non-hydrogen) atoms. The second-order valence-corrected chi connectivity index (χ2v) is 5.53. The molecule has 0 amide bonds. The predicted molar refractivity (Wildman–Crippen MR) is 71.3 cm³/mol. The SMILES string of the molecule is C/C=C(/C=C(\Cl)CCCCC)C(C)(C)C. The molecule has 0 aliphatic rings. The van der Waals surface area contributed by atoms with E-state index in [1.54, 1.807) is 0 Å². The van der Waals surface area contributed by atoms with E-state index in [-0.39, 0.29) is 5.41 Å². The van der Waals surface area contributed by atoms with E-state index in [0.717, 1.165) is 11.5 Å². The molecule has 0 aliphatic carbocycles. The molecule has 0 unspecified atom stereocenters. The van der Waals surface area contributed by atoms with Crippen molar-refractivity contribution in [3.05, 3.63) is 22.8 Å². The monoisotopic (exact) mass is 228 g/mol. The van der Waals surface area contributed by atoms with Gasteiger partial charge in [0.25, 0.3) is 0 Å². The highest BCUT2D eigenvalue weighted by atomic mass is 35.5. The van der Waals surface area contributed by atoms with E-state index in [0.29, 0.717) is 0 Å². The van der Waals surface area contributed by atoms with Crippen molar-refractivity contribution in [1.82, 2.24) is 0 Å². The Morgan fingerprint density at radius 1 is 1.20 bits per heavy atom. The van der Waals surface area contributed by atoms with Gasteiger partial charge in [-0.1, -0.05) is 58.2 Å². The van der Waals surface area contributed by atoms with Gasteiger partial charge < -0.3 is 0 Å². The second-order valence-electron chi connectivity index (χ2n) is 5.04. The molecule has 0 atom stereocenters. The molecule has 0 bridgehead atoms. The van der Waals surface area contributed by atoms with Crippen molar-refractivity contribution in [3.8, 4) is 0 Å². The van der Waals surface area contributed by atoms with Crippen LogP contribution >= 0.6 is 11.6 Å². The summed E-state index contributed by atoms with van der Waals surface area (Å²) in [6, 6.07) is 0. The zero-order chi connectivity index (χ0) is 11.9. The van der Waals surface area contributed by atoms with Gasteiger partial charge in [0.2, 0.25) is 0 Å². The van der Waals surface area contributed by atoms with Crippen LogP contribution in [0.3, 0.4) is 0 Å². The quantitative estimate of drug-likeness (QED) is 0.419. The third-order valence-corrected chi connectivity index (χ3v) is 2.81. The first-order chi connectivity index (χ1) is 6.91. The molecule has 0 N–H and O–H groups in total. The fraction of sp³-hybridized carbons (Fsp3) is 0.714. The summed E-state index contributed by atoms with van der Waals surface area (Å²) < 4.78 is 0. The van der Waals surface area contributed by atoms with E-state index in [1.165, 1.54) is 24.8 Å². The van der Waals surface area contributed by atoms with Crippen LogP contribution in [0.15, 0.2) is 22.8 Å². The second kappa shape index (κ2) is 7.11. The smallest absolute Gasteiger partial charge is 0.0183 e. The summed E-state index contributed by atoms with van der Waals surface area (Å²) in [7, 11) is 0. The topological polar surface area (TPSA) is 0 Å². The molecule has 88 valence electrons. The van der Waals surface area contributed by atoms with Gasteiger partial charge in [0.05, 0.1) is 0 Å². The van der Waals surface area contributed by atoms with Gasteiger partial charge in [-0.15, -0.1) is 0 Å². The zero-order valence-electron chi connectivity index (χ0n) is 10.9. The average Bonchev–Trinajstić information content (AvgIpc) is 2.12. The Bertz CT molecular complexity index is 228. The summed E-state index contributed by atoms with van der Waals surface area (Å²) in [6.45, 7) is 10.9. The first-order valence-corrected chi connectivity index (χ1v) is 6.32. The van der Waals surface area contributed by atoms with Crippen LogP contribution in [0.4, 0.5) is 0 Å². The van der Waals surface area contributed by atoms with Crippen LogP contribution in [0.2, 0.25) is 0 Å². The summed E-state index contributed by atoms with van der Waals surface area (Å²) in [6.07, 6.45) is 9.03. The highest BCUT2D eigenvalue weighted by Crippen LogP contribution is 2.28. The molecule has 0 aromatic heterocycles. The molecule has 0 aromatic rings. The molecule has 0 fully saturated rings. The summed E-state index contributed by atoms with van der Waals surface area (Å²) >= 11 is 6.22. The van der Waals surface area contributed by atoms with E-state index in [2.05, 4.69) is 46.8 Å². The Labute approximate surface area is 100 Å².